The van der Waals surface area contributed by atoms with Crippen molar-refractivity contribution in [3.05, 3.63) is 47.0 Å². The highest BCUT2D eigenvalue weighted by Crippen LogP contribution is 2.47. The minimum Gasteiger partial charge on any atom is -0.322 e. The van der Waals surface area contributed by atoms with Crippen molar-refractivity contribution in [3.8, 4) is 17.9 Å². The Morgan fingerprint density at radius 2 is 2.00 bits per heavy atom. The fraction of sp³-hybridized carbons (Fsp3) is 0.409. The first-order valence-electron chi connectivity index (χ1n) is 10.0. The number of urea groups is 1. The number of nitriles is 1. The molecular formula is C22H22N4O4S. The topological polar surface area (TPSA) is 119 Å². The third kappa shape index (κ3) is 4.20. The second-order valence-corrected chi connectivity index (χ2v) is 10.3. The Morgan fingerprint density at radius 1 is 1.23 bits per heavy atom. The molecule has 3 aliphatic rings. The van der Waals surface area contributed by atoms with Crippen LogP contribution in [0.25, 0.3) is 0 Å². The van der Waals surface area contributed by atoms with Gasteiger partial charge in [0.05, 0.1) is 17.2 Å². The summed E-state index contributed by atoms with van der Waals surface area (Å²) in [6.07, 6.45) is 3.98. The molecule has 2 fully saturated rings. The average molecular weight is 439 g/mol. The number of imide groups is 1. The molecule has 3 amide bonds. The number of hydrogen-bond donors (Lipinski definition) is 2. The number of nitrogens with zero attached hydrogens (tertiary/aromatic N) is 2. The highest BCUT2D eigenvalue weighted by Gasteiger charge is 2.47. The normalized spacial score (nSPS) is 24.8. The Kier molecular flexibility index (Phi) is 5.12. The van der Waals surface area contributed by atoms with Gasteiger partial charge in [-0.2, -0.15) is 9.57 Å². The van der Waals surface area contributed by atoms with Gasteiger partial charge < -0.3 is 5.32 Å². The molecule has 160 valence electrons. The second-order valence-electron chi connectivity index (χ2n) is 8.36. The van der Waals surface area contributed by atoms with Crippen molar-refractivity contribution in [2.45, 2.75) is 37.1 Å². The van der Waals surface area contributed by atoms with Crippen LogP contribution >= 0.6 is 0 Å². The average Bonchev–Trinajstić information content (AvgIpc) is 3.49. The van der Waals surface area contributed by atoms with E-state index < -0.39 is 33.3 Å². The van der Waals surface area contributed by atoms with Gasteiger partial charge >= 0.3 is 6.03 Å². The SMILES string of the molecule is C[C@]1(CS(=O)(=O)N2CC=C(C#Cc3cccc(C4(C#N)CC4)c3)CC2)NC(=O)NC1=O. The van der Waals surface area contributed by atoms with Gasteiger partial charge in [-0.25, -0.2) is 13.2 Å². The molecule has 1 atom stereocenters. The summed E-state index contributed by atoms with van der Waals surface area (Å²) >= 11 is 0. The van der Waals surface area contributed by atoms with Gasteiger partial charge in [0.25, 0.3) is 5.91 Å². The predicted octanol–water partition coefficient (Wildman–Crippen LogP) is 1.15. The van der Waals surface area contributed by atoms with E-state index in [4.69, 9.17) is 0 Å². The Morgan fingerprint density at radius 3 is 2.58 bits per heavy atom. The van der Waals surface area contributed by atoms with Gasteiger partial charge in [-0.05, 0) is 43.9 Å². The molecule has 9 heteroatoms. The quantitative estimate of drug-likeness (QED) is 0.540. The van der Waals surface area contributed by atoms with Crippen LogP contribution in [0.5, 0.6) is 0 Å². The molecular weight excluding hydrogens is 416 g/mol. The van der Waals surface area contributed by atoms with E-state index in [9.17, 15) is 23.3 Å². The van der Waals surface area contributed by atoms with Crippen LogP contribution in [0.15, 0.2) is 35.9 Å². The first-order chi connectivity index (χ1) is 14.7. The van der Waals surface area contributed by atoms with Gasteiger partial charge in [0.2, 0.25) is 10.0 Å². The highest BCUT2D eigenvalue weighted by atomic mass is 32.2. The van der Waals surface area contributed by atoms with Gasteiger partial charge in [-0.3, -0.25) is 10.1 Å². The predicted molar refractivity (Wildman–Crippen MR) is 113 cm³/mol. The molecule has 0 unspecified atom stereocenters. The van der Waals surface area contributed by atoms with E-state index in [1.807, 2.05) is 24.3 Å². The summed E-state index contributed by atoms with van der Waals surface area (Å²) in [6, 6.07) is 9.40. The molecule has 2 heterocycles. The lowest BCUT2D eigenvalue weighted by Crippen LogP contribution is -2.52. The van der Waals surface area contributed by atoms with Crippen molar-refractivity contribution in [2.24, 2.45) is 0 Å². The van der Waals surface area contributed by atoms with Gasteiger partial charge in [-0.15, -0.1) is 0 Å². The van der Waals surface area contributed by atoms with E-state index in [1.165, 1.54) is 11.2 Å². The van der Waals surface area contributed by atoms with E-state index in [2.05, 4.69) is 28.5 Å². The van der Waals surface area contributed by atoms with E-state index in [-0.39, 0.29) is 18.5 Å². The standard InChI is InChI=1S/C22H22N4O4S/c1-21(19(27)24-20(28)25-21)15-31(29,30)26-11-7-16(8-12-26)5-6-17-3-2-4-18(13-17)22(14-23)9-10-22/h2-4,7,13H,8-12,15H2,1H3,(H2,24,25,27,28)/t21-/m1/s1. The molecule has 2 N–H and O–H groups in total. The van der Waals surface area contributed by atoms with Crippen molar-refractivity contribution < 1.29 is 18.0 Å². The van der Waals surface area contributed by atoms with E-state index in [0.29, 0.717) is 6.42 Å². The summed E-state index contributed by atoms with van der Waals surface area (Å²) in [5.74, 6) is 5.07. The van der Waals surface area contributed by atoms with E-state index >= 15 is 0 Å². The van der Waals surface area contributed by atoms with Crippen LogP contribution in [0, 0.1) is 23.2 Å². The van der Waals surface area contributed by atoms with Crippen molar-refractivity contribution in [3.63, 3.8) is 0 Å². The molecule has 0 aromatic heterocycles. The largest absolute Gasteiger partial charge is 0.322 e. The minimum atomic E-state index is -3.76. The van der Waals surface area contributed by atoms with Crippen LogP contribution in [0.2, 0.25) is 0 Å². The van der Waals surface area contributed by atoms with Crippen molar-refractivity contribution in [2.75, 3.05) is 18.8 Å². The third-order valence-corrected chi connectivity index (χ3v) is 7.96. The maximum Gasteiger partial charge on any atom is 0.322 e. The number of hydrogen-bond acceptors (Lipinski definition) is 5. The molecule has 0 radical (unpaired) electrons. The van der Waals surface area contributed by atoms with Gasteiger partial charge in [-0.1, -0.05) is 30.0 Å². The lowest BCUT2D eigenvalue weighted by atomic mass is 9.96. The van der Waals surface area contributed by atoms with Crippen molar-refractivity contribution in [1.29, 1.82) is 5.26 Å². The van der Waals surface area contributed by atoms with Gasteiger partial charge in [0.1, 0.15) is 5.54 Å². The number of nitrogens with one attached hydrogen (secondary N) is 2. The molecule has 1 aromatic carbocycles. The van der Waals surface area contributed by atoms with E-state index in [1.54, 1.807) is 6.08 Å². The molecule has 1 saturated heterocycles. The fourth-order valence-corrected chi connectivity index (χ4v) is 5.58. The number of carbonyl (C=O) groups is 2. The third-order valence-electron chi connectivity index (χ3n) is 5.90. The van der Waals surface area contributed by atoms with Gasteiger partial charge in [0, 0.05) is 24.2 Å². The maximum absolute atomic E-state index is 12.8. The Balaban J connectivity index is 1.43. The summed E-state index contributed by atoms with van der Waals surface area (Å²) < 4.78 is 26.8. The molecule has 0 bridgehead atoms. The van der Waals surface area contributed by atoms with Crippen LogP contribution < -0.4 is 10.6 Å². The monoisotopic (exact) mass is 438 g/mol. The van der Waals surface area contributed by atoms with Crippen LogP contribution in [-0.4, -0.2) is 49.0 Å². The molecule has 1 aromatic rings. The minimum absolute atomic E-state index is 0.162. The lowest BCUT2D eigenvalue weighted by molar-refractivity contribution is -0.122. The smallest absolute Gasteiger partial charge is 0.322 e. The number of sulfonamides is 1. The zero-order chi connectivity index (χ0) is 22.3. The first kappa shape index (κ1) is 21.1. The Hall–Kier alpha value is -3.14. The van der Waals surface area contributed by atoms with Crippen LogP contribution in [-0.2, 0) is 20.2 Å². The van der Waals surface area contributed by atoms with Gasteiger partial charge in [0.15, 0.2) is 0 Å². The zero-order valence-electron chi connectivity index (χ0n) is 17.1. The lowest BCUT2D eigenvalue weighted by Gasteiger charge is -2.28. The van der Waals surface area contributed by atoms with E-state index in [0.717, 1.165) is 29.5 Å². The summed E-state index contributed by atoms with van der Waals surface area (Å²) in [6.45, 7) is 1.81. The summed E-state index contributed by atoms with van der Waals surface area (Å²) in [5, 5.41) is 13.8. The molecule has 8 nitrogen and oxygen atoms in total. The van der Waals surface area contributed by atoms with Crippen molar-refractivity contribution in [1.82, 2.24) is 14.9 Å². The molecule has 0 spiro atoms. The molecule has 2 aliphatic heterocycles. The number of carbonyl (C=O) groups excluding carboxylic acids is 2. The van der Waals surface area contributed by atoms with Crippen LogP contribution in [0.3, 0.4) is 0 Å². The number of rotatable bonds is 4. The Bertz CT molecular complexity index is 1200. The Labute approximate surface area is 181 Å². The molecule has 1 aliphatic carbocycles. The van der Waals surface area contributed by atoms with Crippen LogP contribution in [0.1, 0.15) is 37.3 Å². The molecule has 1 saturated carbocycles. The molecule has 31 heavy (non-hydrogen) atoms. The summed E-state index contributed by atoms with van der Waals surface area (Å²) in [5.41, 5.74) is 0.825. The summed E-state index contributed by atoms with van der Waals surface area (Å²) in [7, 11) is -3.76. The maximum atomic E-state index is 12.8. The highest BCUT2D eigenvalue weighted by molar-refractivity contribution is 7.89. The zero-order valence-corrected chi connectivity index (χ0v) is 17.9. The number of benzene rings is 1. The summed E-state index contributed by atoms with van der Waals surface area (Å²) in [4.78, 5) is 23.3. The first-order valence-corrected chi connectivity index (χ1v) is 11.6. The van der Waals surface area contributed by atoms with Crippen LogP contribution in [0.4, 0.5) is 4.79 Å². The fourth-order valence-electron chi connectivity index (χ4n) is 3.79. The molecule has 4 rings (SSSR count). The second kappa shape index (κ2) is 7.52. The number of amides is 3. The van der Waals surface area contributed by atoms with Crippen molar-refractivity contribution >= 4 is 22.0 Å².